The summed E-state index contributed by atoms with van der Waals surface area (Å²) in [5, 5.41) is 4.16. The van der Waals surface area contributed by atoms with Gasteiger partial charge in [0.25, 0.3) is 11.5 Å². The normalized spacial score (nSPS) is 15.9. The number of nitrogens with zero attached hydrogens (tertiary/aromatic N) is 5. The highest BCUT2D eigenvalue weighted by atomic mass is 19.4. The Morgan fingerprint density at radius 3 is 2.66 bits per heavy atom. The highest BCUT2D eigenvalue weighted by Gasteiger charge is 2.33. The molecule has 0 radical (unpaired) electrons. The second-order valence-corrected chi connectivity index (χ2v) is 6.87. The summed E-state index contributed by atoms with van der Waals surface area (Å²) in [7, 11) is 0. The van der Waals surface area contributed by atoms with Crippen molar-refractivity contribution in [3.63, 3.8) is 0 Å². The number of rotatable bonds is 3. The molecule has 3 aromatic heterocycles. The molecule has 0 bridgehead atoms. The molecule has 0 atom stereocenters. The van der Waals surface area contributed by atoms with Gasteiger partial charge in [-0.2, -0.15) is 18.3 Å². The third kappa shape index (κ3) is 3.75. The molecule has 12 heteroatoms. The lowest BCUT2D eigenvalue weighted by atomic mass is 10.2. The summed E-state index contributed by atoms with van der Waals surface area (Å²) in [6.45, 7) is 1.39. The molecule has 4 heterocycles. The van der Waals surface area contributed by atoms with Crippen molar-refractivity contribution in [3.05, 3.63) is 40.1 Å². The molecule has 1 saturated heterocycles. The van der Waals surface area contributed by atoms with E-state index < -0.39 is 12.7 Å². The van der Waals surface area contributed by atoms with Crippen molar-refractivity contribution in [2.45, 2.75) is 13.1 Å². The van der Waals surface area contributed by atoms with Gasteiger partial charge in [-0.05, 0) is 13.0 Å². The van der Waals surface area contributed by atoms with Crippen LogP contribution < -0.4 is 5.56 Å². The van der Waals surface area contributed by atoms with E-state index in [9.17, 15) is 22.8 Å². The maximum absolute atomic E-state index is 12.8. The number of amides is 1. The van der Waals surface area contributed by atoms with Crippen LogP contribution in [0.5, 0.6) is 0 Å². The summed E-state index contributed by atoms with van der Waals surface area (Å²) in [6.07, 6.45) is -1.28. The Kier molecular flexibility index (Phi) is 4.65. The van der Waals surface area contributed by atoms with Crippen LogP contribution in [-0.2, 0) is 0 Å². The molecular formula is C17H18F3N7O2. The number of hydrogen-bond acceptors (Lipinski definition) is 5. The number of aromatic nitrogens is 5. The average Bonchev–Trinajstić information content (AvgIpc) is 3.27. The first-order valence-corrected chi connectivity index (χ1v) is 8.94. The molecule has 0 aliphatic carbocycles. The highest BCUT2D eigenvalue weighted by molar-refractivity contribution is 5.95. The minimum atomic E-state index is -4.26. The zero-order chi connectivity index (χ0) is 20.8. The Labute approximate surface area is 162 Å². The number of hydrogen-bond donors (Lipinski definition) is 2. The topological polar surface area (TPSA) is 103 Å². The molecule has 0 spiro atoms. The number of fused-ring (bicyclic) bond motifs is 1. The van der Waals surface area contributed by atoms with Gasteiger partial charge in [-0.1, -0.05) is 0 Å². The molecule has 0 unspecified atom stereocenters. The fraction of sp³-hybridized carbons (Fsp3) is 0.412. The largest absolute Gasteiger partial charge is 0.401 e. The van der Waals surface area contributed by atoms with Crippen LogP contribution in [-0.4, -0.2) is 79.3 Å². The lowest BCUT2D eigenvalue weighted by molar-refractivity contribution is -0.148. The fourth-order valence-corrected chi connectivity index (χ4v) is 3.41. The number of carbonyl (C=O) groups is 1. The van der Waals surface area contributed by atoms with Crippen LogP contribution in [0.15, 0.2) is 23.3 Å². The van der Waals surface area contributed by atoms with Crippen molar-refractivity contribution in [1.82, 2.24) is 34.5 Å². The number of piperazine rings is 1. The molecule has 154 valence electrons. The van der Waals surface area contributed by atoms with Gasteiger partial charge in [-0.25, -0.2) is 9.67 Å². The molecule has 29 heavy (non-hydrogen) atoms. The summed E-state index contributed by atoms with van der Waals surface area (Å²) in [5.41, 5.74) is 1.23. The highest BCUT2D eigenvalue weighted by Crippen LogP contribution is 2.19. The number of H-pyrrole nitrogens is 2. The third-order valence-electron chi connectivity index (χ3n) is 4.91. The quantitative estimate of drug-likeness (QED) is 0.674. The Bertz CT molecular complexity index is 1110. The molecule has 1 amide bonds. The molecule has 2 N–H and O–H groups in total. The van der Waals surface area contributed by atoms with Gasteiger partial charge in [-0.15, -0.1) is 0 Å². The summed E-state index contributed by atoms with van der Waals surface area (Å²) < 4.78 is 38.9. The average molecular weight is 409 g/mol. The number of halogens is 3. The fourth-order valence-electron chi connectivity index (χ4n) is 3.41. The van der Waals surface area contributed by atoms with E-state index in [0.29, 0.717) is 22.3 Å². The van der Waals surface area contributed by atoms with E-state index in [2.05, 4.69) is 20.1 Å². The molecule has 0 aromatic carbocycles. The Hall–Kier alpha value is -3.15. The molecule has 3 aromatic rings. The van der Waals surface area contributed by atoms with Gasteiger partial charge >= 0.3 is 6.18 Å². The van der Waals surface area contributed by atoms with Crippen molar-refractivity contribution in [2.75, 3.05) is 32.7 Å². The first-order chi connectivity index (χ1) is 13.7. The Morgan fingerprint density at radius 2 is 1.97 bits per heavy atom. The van der Waals surface area contributed by atoms with E-state index >= 15 is 0 Å². The number of aromatic amines is 2. The summed E-state index contributed by atoms with van der Waals surface area (Å²) in [5.74, 6) is -0.140. The summed E-state index contributed by atoms with van der Waals surface area (Å²) in [4.78, 5) is 37.5. The minimum Gasteiger partial charge on any atom is -0.355 e. The Morgan fingerprint density at radius 1 is 1.24 bits per heavy atom. The standard InChI is InChI=1S/C17H18F3N7O2/c1-10-11(15(29)26-6-4-25(5-7-26)9-17(18,19)20)8-22-27(10)16-23-12-2-3-21-13(12)14(28)24-16/h2-3,8,21H,4-7,9H2,1H3,(H,23,24,28). The van der Waals surface area contributed by atoms with E-state index in [1.165, 1.54) is 20.7 Å². The van der Waals surface area contributed by atoms with Gasteiger partial charge in [-0.3, -0.25) is 19.5 Å². The van der Waals surface area contributed by atoms with Crippen LogP contribution >= 0.6 is 0 Å². The zero-order valence-electron chi connectivity index (χ0n) is 15.5. The first-order valence-electron chi connectivity index (χ1n) is 8.94. The SMILES string of the molecule is Cc1c(C(=O)N2CCN(CC(F)(F)F)CC2)cnn1-c1nc2cc[nH]c2c(=O)[nH]1. The van der Waals surface area contributed by atoms with Gasteiger partial charge in [0.15, 0.2) is 0 Å². The number of carbonyl (C=O) groups excluding carboxylic acids is 1. The minimum absolute atomic E-state index is 0.150. The summed E-state index contributed by atoms with van der Waals surface area (Å²) in [6, 6.07) is 1.65. The maximum atomic E-state index is 12.8. The second-order valence-electron chi connectivity index (χ2n) is 6.87. The van der Waals surface area contributed by atoms with Crippen molar-refractivity contribution in [1.29, 1.82) is 0 Å². The van der Waals surface area contributed by atoms with Crippen LogP contribution in [0.4, 0.5) is 13.2 Å². The van der Waals surface area contributed by atoms with Crippen LogP contribution in [0.1, 0.15) is 16.1 Å². The Balaban J connectivity index is 1.52. The lowest BCUT2D eigenvalue weighted by Gasteiger charge is -2.34. The smallest absolute Gasteiger partial charge is 0.355 e. The molecule has 9 nitrogen and oxygen atoms in total. The van der Waals surface area contributed by atoms with Gasteiger partial charge in [0.2, 0.25) is 5.95 Å². The van der Waals surface area contributed by atoms with Crippen molar-refractivity contribution in [2.24, 2.45) is 0 Å². The molecule has 1 aliphatic rings. The van der Waals surface area contributed by atoms with Crippen LogP contribution in [0.2, 0.25) is 0 Å². The van der Waals surface area contributed by atoms with Gasteiger partial charge in [0, 0.05) is 32.4 Å². The van der Waals surface area contributed by atoms with Gasteiger partial charge in [0.05, 0.1) is 29.5 Å². The van der Waals surface area contributed by atoms with Gasteiger partial charge in [0.1, 0.15) is 5.52 Å². The van der Waals surface area contributed by atoms with E-state index in [4.69, 9.17) is 0 Å². The lowest BCUT2D eigenvalue weighted by Crippen LogP contribution is -2.51. The maximum Gasteiger partial charge on any atom is 0.401 e. The zero-order valence-corrected chi connectivity index (χ0v) is 15.5. The van der Waals surface area contributed by atoms with Crippen LogP contribution in [0.25, 0.3) is 17.0 Å². The van der Waals surface area contributed by atoms with Gasteiger partial charge < -0.3 is 9.88 Å². The second kappa shape index (κ2) is 7.03. The molecule has 4 rings (SSSR count). The molecular weight excluding hydrogens is 391 g/mol. The predicted molar refractivity (Wildman–Crippen MR) is 97.0 cm³/mol. The van der Waals surface area contributed by atoms with Crippen LogP contribution in [0.3, 0.4) is 0 Å². The van der Waals surface area contributed by atoms with Crippen molar-refractivity contribution < 1.29 is 18.0 Å². The monoisotopic (exact) mass is 409 g/mol. The number of alkyl halides is 3. The van der Waals surface area contributed by atoms with E-state index in [-0.39, 0.29) is 43.6 Å². The van der Waals surface area contributed by atoms with Crippen molar-refractivity contribution in [3.8, 4) is 5.95 Å². The van der Waals surface area contributed by atoms with E-state index in [1.54, 1.807) is 19.2 Å². The third-order valence-corrected chi connectivity index (χ3v) is 4.91. The molecule has 1 aliphatic heterocycles. The first kappa shape index (κ1) is 19.2. The predicted octanol–water partition coefficient (Wildman–Crippen LogP) is 1.07. The molecule has 0 saturated carbocycles. The summed E-state index contributed by atoms with van der Waals surface area (Å²) >= 11 is 0. The number of nitrogens with one attached hydrogen (secondary N) is 2. The van der Waals surface area contributed by atoms with Crippen LogP contribution in [0, 0.1) is 6.92 Å². The molecule has 1 fully saturated rings. The van der Waals surface area contributed by atoms with Crippen molar-refractivity contribution >= 4 is 16.9 Å². The van der Waals surface area contributed by atoms with E-state index in [0.717, 1.165) is 0 Å². The van der Waals surface area contributed by atoms with E-state index in [1.807, 2.05) is 0 Å².